The molecule has 2 aromatic carbocycles. The molecule has 32 heavy (non-hydrogen) atoms. The molecular formula is C24H25F3N2O2S. The number of carbonyl (C=O) groups excluding carboxylic acids is 1. The van der Waals surface area contributed by atoms with E-state index in [0.717, 1.165) is 30.0 Å². The summed E-state index contributed by atoms with van der Waals surface area (Å²) in [5.74, 6) is -0.667. The molecule has 3 aromatic rings. The van der Waals surface area contributed by atoms with Crippen molar-refractivity contribution in [2.24, 2.45) is 0 Å². The number of hydrogen-bond acceptors (Lipinski definition) is 4. The zero-order valence-corrected chi connectivity index (χ0v) is 19.0. The van der Waals surface area contributed by atoms with Crippen molar-refractivity contribution in [3.05, 3.63) is 59.0 Å². The van der Waals surface area contributed by atoms with Crippen molar-refractivity contribution < 1.29 is 22.7 Å². The number of alkyl halides is 3. The van der Waals surface area contributed by atoms with E-state index in [9.17, 15) is 18.0 Å². The summed E-state index contributed by atoms with van der Waals surface area (Å²) in [5, 5.41) is 2.09. The van der Waals surface area contributed by atoms with E-state index in [2.05, 4.69) is 4.98 Å². The SMILES string of the molecule is CCCCCOc1ccc(N(C(C)=O)c2nc(-c3ccc(C)cc3)cs2)cc1C(F)(F)F. The van der Waals surface area contributed by atoms with Gasteiger partial charge in [0.2, 0.25) is 5.91 Å². The van der Waals surface area contributed by atoms with Crippen molar-refractivity contribution in [2.45, 2.75) is 46.2 Å². The normalized spacial score (nSPS) is 11.4. The second-order valence-electron chi connectivity index (χ2n) is 7.47. The Balaban J connectivity index is 1.94. The van der Waals surface area contributed by atoms with Crippen LogP contribution in [0.4, 0.5) is 24.0 Å². The van der Waals surface area contributed by atoms with Crippen LogP contribution in [0.25, 0.3) is 11.3 Å². The molecule has 8 heteroatoms. The summed E-state index contributed by atoms with van der Waals surface area (Å²) in [6.45, 7) is 5.49. The maximum atomic E-state index is 13.7. The van der Waals surface area contributed by atoms with Gasteiger partial charge in [-0.3, -0.25) is 9.69 Å². The van der Waals surface area contributed by atoms with Gasteiger partial charge in [-0.1, -0.05) is 49.6 Å². The lowest BCUT2D eigenvalue weighted by atomic mass is 10.1. The average Bonchev–Trinajstić information content (AvgIpc) is 3.21. The van der Waals surface area contributed by atoms with Crippen LogP contribution < -0.4 is 9.64 Å². The van der Waals surface area contributed by atoms with Gasteiger partial charge >= 0.3 is 6.18 Å². The van der Waals surface area contributed by atoms with E-state index in [4.69, 9.17) is 4.74 Å². The van der Waals surface area contributed by atoms with Crippen molar-refractivity contribution in [3.8, 4) is 17.0 Å². The topological polar surface area (TPSA) is 42.4 Å². The fourth-order valence-corrected chi connectivity index (χ4v) is 4.09. The van der Waals surface area contributed by atoms with E-state index in [1.807, 2.05) is 38.1 Å². The summed E-state index contributed by atoms with van der Waals surface area (Å²) in [6.07, 6.45) is -2.12. The number of halogens is 3. The molecule has 0 aliphatic heterocycles. The molecule has 170 valence electrons. The third-order valence-corrected chi connectivity index (χ3v) is 5.70. The van der Waals surface area contributed by atoms with Gasteiger partial charge in [-0.25, -0.2) is 4.98 Å². The largest absolute Gasteiger partial charge is 0.493 e. The second-order valence-corrected chi connectivity index (χ2v) is 8.31. The first kappa shape index (κ1) is 23.8. The Morgan fingerprint density at radius 3 is 2.47 bits per heavy atom. The fraction of sp³-hybridized carbons (Fsp3) is 0.333. The van der Waals surface area contributed by atoms with Crippen molar-refractivity contribution in [1.29, 1.82) is 0 Å². The van der Waals surface area contributed by atoms with Gasteiger partial charge in [-0.15, -0.1) is 11.3 Å². The Morgan fingerprint density at radius 1 is 1.12 bits per heavy atom. The molecule has 0 fully saturated rings. The molecule has 0 radical (unpaired) electrons. The van der Waals surface area contributed by atoms with E-state index in [1.165, 1.54) is 35.3 Å². The Labute approximate surface area is 189 Å². The Morgan fingerprint density at radius 2 is 1.84 bits per heavy atom. The summed E-state index contributed by atoms with van der Waals surface area (Å²) in [5.41, 5.74) is 1.81. The van der Waals surface area contributed by atoms with E-state index in [-0.39, 0.29) is 18.0 Å². The standard InChI is InChI=1S/C24H25F3N2O2S/c1-4-5-6-13-31-22-12-11-19(14-20(22)24(25,26)27)29(17(3)30)23-28-21(15-32-23)18-9-7-16(2)8-10-18/h7-12,14-15H,4-6,13H2,1-3H3. The number of hydrogen-bond donors (Lipinski definition) is 0. The van der Waals surface area contributed by atoms with E-state index < -0.39 is 17.6 Å². The number of carbonyl (C=O) groups is 1. The first-order chi connectivity index (χ1) is 15.2. The highest BCUT2D eigenvalue weighted by atomic mass is 32.1. The van der Waals surface area contributed by atoms with Gasteiger partial charge in [0, 0.05) is 17.9 Å². The third-order valence-electron chi connectivity index (χ3n) is 4.88. The minimum absolute atomic E-state index is 0.0931. The van der Waals surface area contributed by atoms with Crippen molar-refractivity contribution >= 4 is 28.1 Å². The summed E-state index contributed by atoms with van der Waals surface area (Å²) >= 11 is 1.20. The van der Waals surface area contributed by atoms with Gasteiger partial charge in [0.25, 0.3) is 0 Å². The Hall–Kier alpha value is -2.87. The van der Waals surface area contributed by atoms with Crippen LogP contribution in [0.1, 0.15) is 44.2 Å². The average molecular weight is 463 g/mol. The number of ether oxygens (including phenoxy) is 1. The predicted molar refractivity (Wildman–Crippen MR) is 122 cm³/mol. The molecule has 0 bridgehead atoms. The lowest BCUT2D eigenvalue weighted by Crippen LogP contribution is -2.23. The number of aromatic nitrogens is 1. The molecule has 0 saturated carbocycles. The lowest BCUT2D eigenvalue weighted by Gasteiger charge is -2.21. The van der Waals surface area contributed by atoms with Crippen molar-refractivity contribution in [3.63, 3.8) is 0 Å². The van der Waals surface area contributed by atoms with E-state index >= 15 is 0 Å². The molecule has 0 aliphatic rings. The number of thiazole rings is 1. The molecule has 0 aliphatic carbocycles. The molecule has 0 unspecified atom stereocenters. The summed E-state index contributed by atoms with van der Waals surface area (Å²) < 4.78 is 46.6. The number of unbranched alkanes of at least 4 members (excludes halogenated alkanes) is 2. The number of anilines is 2. The minimum Gasteiger partial charge on any atom is -0.493 e. The highest BCUT2D eigenvalue weighted by Gasteiger charge is 2.35. The second kappa shape index (κ2) is 10.2. The van der Waals surface area contributed by atoms with Crippen LogP contribution in [0.3, 0.4) is 0 Å². The van der Waals surface area contributed by atoms with Crippen LogP contribution in [0.5, 0.6) is 5.75 Å². The molecule has 0 N–H and O–H groups in total. The van der Waals surface area contributed by atoms with Crippen LogP contribution in [-0.4, -0.2) is 17.5 Å². The first-order valence-electron chi connectivity index (χ1n) is 10.4. The van der Waals surface area contributed by atoms with Crippen LogP contribution in [0.2, 0.25) is 0 Å². The molecule has 0 saturated heterocycles. The van der Waals surface area contributed by atoms with Gasteiger partial charge < -0.3 is 4.74 Å². The number of benzene rings is 2. The summed E-state index contributed by atoms with van der Waals surface area (Å²) in [6, 6.07) is 11.4. The molecule has 0 spiro atoms. The zero-order valence-electron chi connectivity index (χ0n) is 18.2. The van der Waals surface area contributed by atoms with E-state index in [0.29, 0.717) is 17.2 Å². The number of nitrogens with zero attached hydrogens (tertiary/aromatic N) is 2. The molecular weight excluding hydrogens is 437 g/mol. The van der Waals surface area contributed by atoms with Crippen LogP contribution in [0.15, 0.2) is 47.8 Å². The van der Waals surface area contributed by atoms with Gasteiger partial charge in [0.05, 0.1) is 23.6 Å². The maximum absolute atomic E-state index is 13.7. The number of amides is 1. The molecule has 4 nitrogen and oxygen atoms in total. The Bertz CT molecular complexity index is 1060. The molecule has 0 atom stereocenters. The van der Waals surface area contributed by atoms with Gasteiger partial charge in [0.1, 0.15) is 5.75 Å². The highest BCUT2D eigenvalue weighted by Crippen LogP contribution is 2.41. The van der Waals surface area contributed by atoms with Crippen LogP contribution >= 0.6 is 11.3 Å². The van der Waals surface area contributed by atoms with Crippen LogP contribution in [-0.2, 0) is 11.0 Å². The third kappa shape index (κ3) is 5.68. The van der Waals surface area contributed by atoms with Gasteiger partial charge in [-0.2, -0.15) is 13.2 Å². The van der Waals surface area contributed by atoms with Crippen LogP contribution in [0, 0.1) is 6.92 Å². The van der Waals surface area contributed by atoms with Crippen molar-refractivity contribution in [2.75, 3.05) is 11.5 Å². The monoisotopic (exact) mass is 462 g/mol. The first-order valence-corrected chi connectivity index (χ1v) is 11.3. The number of aryl methyl sites for hydroxylation is 1. The zero-order chi connectivity index (χ0) is 23.3. The smallest absolute Gasteiger partial charge is 0.420 e. The molecule has 3 rings (SSSR count). The molecule has 1 amide bonds. The van der Waals surface area contributed by atoms with E-state index in [1.54, 1.807) is 5.38 Å². The van der Waals surface area contributed by atoms with Gasteiger partial charge in [-0.05, 0) is 31.5 Å². The summed E-state index contributed by atoms with van der Waals surface area (Å²) in [7, 11) is 0. The molecule has 1 heterocycles. The van der Waals surface area contributed by atoms with Crippen molar-refractivity contribution in [1.82, 2.24) is 4.98 Å². The summed E-state index contributed by atoms with van der Waals surface area (Å²) in [4.78, 5) is 18.1. The highest BCUT2D eigenvalue weighted by molar-refractivity contribution is 7.14. The lowest BCUT2D eigenvalue weighted by molar-refractivity contribution is -0.139. The minimum atomic E-state index is -4.62. The quantitative estimate of drug-likeness (QED) is 0.328. The van der Waals surface area contributed by atoms with Gasteiger partial charge in [0.15, 0.2) is 5.13 Å². The molecule has 1 aromatic heterocycles. The predicted octanol–water partition coefficient (Wildman–Crippen LogP) is 7.39. The fourth-order valence-electron chi connectivity index (χ4n) is 3.19. The number of rotatable bonds is 8. The Kier molecular flexibility index (Phi) is 7.56. The maximum Gasteiger partial charge on any atom is 0.420 e.